The van der Waals surface area contributed by atoms with Gasteiger partial charge in [-0.2, -0.15) is 0 Å². The van der Waals surface area contributed by atoms with Crippen LogP contribution >= 0.6 is 15.9 Å². The number of aliphatic hydroxyl groups excluding tert-OH is 1. The summed E-state index contributed by atoms with van der Waals surface area (Å²) in [5, 5.41) is 19.4. The van der Waals surface area contributed by atoms with Crippen molar-refractivity contribution in [2.45, 2.75) is 6.04 Å². The Balaban J connectivity index is 2.73. The summed E-state index contributed by atoms with van der Waals surface area (Å²) in [5.41, 5.74) is 0.181. The number of hydrogen-bond acceptors (Lipinski definition) is 3. The van der Waals surface area contributed by atoms with E-state index in [4.69, 9.17) is 10.2 Å². The molecule has 1 amide bonds. The van der Waals surface area contributed by atoms with Gasteiger partial charge in [-0.1, -0.05) is 15.9 Å². The van der Waals surface area contributed by atoms with E-state index in [0.29, 0.717) is 4.47 Å². The van der Waals surface area contributed by atoms with Gasteiger partial charge in [-0.15, -0.1) is 0 Å². The first kappa shape index (κ1) is 15.3. The number of carboxylic acids is 1. The smallest absolute Gasteiger partial charge is 0.328 e. The number of amides is 1. The maximum Gasteiger partial charge on any atom is 0.328 e. The van der Waals surface area contributed by atoms with Crippen molar-refractivity contribution in [1.29, 1.82) is 0 Å². The largest absolute Gasteiger partial charge is 0.480 e. The molecule has 0 fully saturated rings. The predicted molar refractivity (Wildman–Crippen MR) is 69.8 cm³/mol. The molecule has 7 heteroatoms. The number of carbonyl (C=O) groups is 2. The van der Waals surface area contributed by atoms with Crippen LogP contribution < -0.4 is 5.32 Å². The van der Waals surface area contributed by atoms with Crippen LogP contribution in [-0.2, 0) is 9.59 Å². The SMILES string of the molecule is O=C(/C=C/c1cc(Br)ccc1F)N[C@@H](CO)C(=O)O. The Morgan fingerprint density at radius 2 is 2.16 bits per heavy atom. The maximum atomic E-state index is 13.3. The number of aliphatic carboxylic acids is 1. The van der Waals surface area contributed by atoms with Gasteiger partial charge in [-0.25, -0.2) is 9.18 Å². The molecule has 1 aromatic rings. The molecule has 0 aliphatic rings. The van der Waals surface area contributed by atoms with Crippen molar-refractivity contribution >= 4 is 33.9 Å². The Hall–Kier alpha value is -1.73. The van der Waals surface area contributed by atoms with Gasteiger partial charge in [0, 0.05) is 16.1 Å². The first-order chi connectivity index (χ1) is 8.93. The zero-order valence-electron chi connectivity index (χ0n) is 9.64. The molecule has 0 spiro atoms. The molecule has 0 saturated heterocycles. The average molecular weight is 332 g/mol. The average Bonchev–Trinajstić information content (AvgIpc) is 2.36. The lowest BCUT2D eigenvalue weighted by Gasteiger charge is -2.09. The molecule has 0 unspecified atom stereocenters. The van der Waals surface area contributed by atoms with Crippen molar-refractivity contribution in [3.05, 3.63) is 40.1 Å². The zero-order valence-corrected chi connectivity index (χ0v) is 11.2. The summed E-state index contributed by atoms with van der Waals surface area (Å²) in [7, 11) is 0. The minimum Gasteiger partial charge on any atom is -0.480 e. The number of halogens is 2. The zero-order chi connectivity index (χ0) is 14.4. The van der Waals surface area contributed by atoms with Gasteiger partial charge < -0.3 is 15.5 Å². The number of benzene rings is 1. The Labute approximate surface area is 116 Å². The second-order valence-electron chi connectivity index (χ2n) is 3.58. The van der Waals surface area contributed by atoms with Crippen molar-refractivity contribution in [2.75, 3.05) is 6.61 Å². The lowest BCUT2D eigenvalue weighted by molar-refractivity contribution is -0.142. The molecule has 5 nitrogen and oxygen atoms in total. The topological polar surface area (TPSA) is 86.6 Å². The van der Waals surface area contributed by atoms with Crippen molar-refractivity contribution in [1.82, 2.24) is 5.32 Å². The Morgan fingerprint density at radius 3 is 2.74 bits per heavy atom. The summed E-state index contributed by atoms with van der Waals surface area (Å²) in [6.07, 6.45) is 2.21. The molecule has 102 valence electrons. The minimum absolute atomic E-state index is 0.181. The van der Waals surface area contributed by atoms with E-state index in [1.54, 1.807) is 0 Å². The molecule has 1 rings (SSSR count). The number of rotatable bonds is 5. The normalized spacial score (nSPS) is 12.4. The fraction of sp³-hybridized carbons (Fsp3) is 0.167. The van der Waals surface area contributed by atoms with Gasteiger partial charge in [0.05, 0.1) is 6.61 Å². The van der Waals surface area contributed by atoms with Crippen LogP contribution in [0.2, 0.25) is 0 Å². The molecule has 0 aliphatic heterocycles. The molecule has 0 aromatic heterocycles. The van der Waals surface area contributed by atoms with Crippen LogP contribution in [0.3, 0.4) is 0 Å². The van der Waals surface area contributed by atoms with E-state index in [1.807, 2.05) is 0 Å². The molecule has 19 heavy (non-hydrogen) atoms. The number of hydrogen-bond donors (Lipinski definition) is 3. The molecular formula is C12H11BrFNO4. The summed E-state index contributed by atoms with van der Waals surface area (Å²) in [6, 6.07) is 2.83. The van der Waals surface area contributed by atoms with E-state index >= 15 is 0 Å². The number of carboxylic acid groups (broad SMARTS) is 1. The van der Waals surface area contributed by atoms with Gasteiger partial charge in [-0.3, -0.25) is 4.79 Å². The summed E-state index contributed by atoms with van der Waals surface area (Å²) in [4.78, 5) is 22.0. The van der Waals surface area contributed by atoms with Crippen LogP contribution in [0.15, 0.2) is 28.7 Å². The van der Waals surface area contributed by atoms with Gasteiger partial charge in [0.25, 0.3) is 0 Å². The van der Waals surface area contributed by atoms with Crippen LogP contribution in [0.25, 0.3) is 6.08 Å². The molecule has 0 heterocycles. The maximum absolute atomic E-state index is 13.3. The van der Waals surface area contributed by atoms with Crippen molar-refractivity contribution in [3.8, 4) is 0 Å². The van der Waals surface area contributed by atoms with E-state index in [9.17, 15) is 14.0 Å². The predicted octanol–water partition coefficient (Wildman–Crippen LogP) is 1.16. The quantitative estimate of drug-likeness (QED) is 0.707. The third kappa shape index (κ3) is 4.80. The van der Waals surface area contributed by atoms with Crippen LogP contribution in [0, 0.1) is 5.82 Å². The van der Waals surface area contributed by atoms with E-state index < -0.39 is 30.3 Å². The van der Waals surface area contributed by atoms with Crippen LogP contribution in [0.4, 0.5) is 4.39 Å². The van der Waals surface area contributed by atoms with Crippen molar-refractivity contribution in [3.63, 3.8) is 0 Å². The van der Waals surface area contributed by atoms with Crippen LogP contribution in [0.5, 0.6) is 0 Å². The highest BCUT2D eigenvalue weighted by atomic mass is 79.9. The molecule has 0 radical (unpaired) electrons. The van der Waals surface area contributed by atoms with Crippen molar-refractivity contribution < 1.29 is 24.2 Å². The molecule has 0 aliphatic carbocycles. The third-order valence-electron chi connectivity index (χ3n) is 2.17. The molecular weight excluding hydrogens is 321 g/mol. The lowest BCUT2D eigenvalue weighted by Crippen LogP contribution is -2.42. The lowest BCUT2D eigenvalue weighted by atomic mass is 10.2. The van der Waals surface area contributed by atoms with Crippen LogP contribution in [-0.4, -0.2) is 34.7 Å². The van der Waals surface area contributed by atoms with Gasteiger partial charge in [-0.05, 0) is 24.3 Å². The molecule has 3 N–H and O–H groups in total. The third-order valence-corrected chi connectivity index (χ3v) is 2.66. The van der Waals surface area contributed by atoms with Crippen molar-refractivity contribution in [2.24, 2.45) is 0 Å². The van der Waals surface area contributed by atoms with Gasteiger partial charge in [0.1, 0.15) is 5.82 Å². The molecule has 1 aromatic carbocycles. The highest BCUT2D eigenvalue weighted by molar-refractivity contribution is 9.10. The highest BCUT2D eigenvalue weighted by Crippen LogP contribution is 2.16. The van der Waals surface area contributed by atoms with Gasteiger partial charge in [0.15, 0.2) is 6.04 Å². The first-order valence-electron chi connectivity index (χ1n) is 5.21. The highest BCUT2D eigenvalue weighted by Gasteiger charge is 2.17. The second kappa shape index (κ2) is 7.01. The Bertz CT molecular complexity index is 518. The second-order valence-corrected chi connectivity index (χ2v) is 4.50. The van der Waals surface area contributed by atoms with Gasteiger partial charge in [0.2, 0.25) is 5.91 Å². The van der Waals surface area contributed by atoms with E-state index in [2.05, 4.69) is 21.2 Å². The molecule has 1 atom stereocenters. The minimum atomic E-state index is -1.38. The summed E-state index contributed by atoms with van der Waals surface area (Å²) < 4.78 is 14.0. The number of carbonyl (C=O) groups excluding carboxylic acids is 1. The summed E-state index contributed by atoms with van der Waals surface area (Å²) in [6.45, 7) is -0.722. The van der Waals surface area contributed by atoms with E-state index in [0.717, 1.165) is 6.08 Å². The van der Waals surface area contributed by atoms with E-state index in [-0.39, 0.29) is 5.56 Å². The number of nitrogens with one attached hydrogen (secondary N) is 1. The van der Waals surface area contributed by atoms with E-state index in [1.165, 1.54) is 24.3 Å². The monoisotopic (exact) mass is 331 g/mol. The molecule has 0 saturated carbocycles. The Morgan fingerprint density at radius 1 is 1.47 bits per heavy atom. The van der Waals surface area contributed by atoms with Gasteiger partial charge >= 0.3 is 5.97 Å². The first-order valence-corrected chi connectivity index (χ1v) is 6.00. The molecule has 0 bridgehead atoms. The Kier molecular flexibility index (Phi) is 5.65. The fourth-order valence-corrected chi connectivity index (χ4v) is 1.59. The fourth-order valence-electron chi connectivity index (χ4n) is 1.21. The van der Waals surface area contributed by atoms with Crippen LogP contribution in [0.1, 0.15) is 5.56 Å². The standard InChI is InChI=1S/C12H11BrFNO4/c13-8-2-3-9(14)7(5-8)1-4-11(17)15-10(6-16)12(18)19/h1-5,10,16H,6H2,(H,15,17)(H,18,19)/b4-1+/t10-/m0/s1. The summed E-state index contributed by atoms with van der Waals surface area (Å²) >= 11 is 3.16. The number of aliphatic hydroxyl groups is 1. The summed E-state index contributed by atoms with van der Waals surface area (Å²) in [5.74, 6) is -2.59.